The number of benzene rings is 3. The topological polar surface area (TPSA) is 41.6 Å². The molecule has 0 saturated carbocycles. The Labute approximate surface area is 258 Å². The van der Waals surface area contributed by atoms with E-state index in [4.69, 9.17) is 27.9 Å². The summed E-state index contributed by atoms with van der Waals surface area (Å²) >= 11 is 13.0. The first kappa shape index (κ1) is 30.6. The van der Waals surface area contributed by atoms with E-state index >= 15 is 0 Å². The third-order valence-corrected chi connectivity index (χ3v) is 8.58. The molecular weight excluding hydrogens is 570 g/mol. The molecule has 1 atom stereocenters. The number of allylic oxidation sites excluding steroid dienone is 1. The van der Waals surface area contributed by atoms with Crippen LogP contribution in [0.2, 0.25) is 10.0 Å². The van der Waals surface area contributed by atoms with Crippen LogP contribution in [0.25, 0.3) is 11.1 Å². The number of amides is 1. The van der Waals surface area contributed by atoms with Crippen molar-refractivity contribution in [2.45, 2.75) is 59.0 Å². The van der Waals surface area contributed by atoms with E-state index in [1.807, 2.05) is 51.1 Å². The summed E-state index contributed by atoms with van der Waals surface area (Å²) in [5.41, 5.74) is 7.02. The smallest absolute Gasteiger partial charge is 0.229 e. The summed E-state index contributed by atoms with van der Waals surface area (Å²) in [5.74, 6) is 0.820. The van der Waals surface area contributed by atoms with E-state index in [0.717, 1.165) is 79.0 Å². The third kappa shape index (κ3) is 7.19. The first-order chi connectivity index (χ1) is 20.1. The Bertz CT molecular complexity index is 1460. The van der Waals surface area contributed by atoms with Gasteiger partial charge in [-0.05, 0) is 102 Å². The largest absolute Gasteiger partial charge is 0.489 e. The molecule has 3 aromatic carbocycles. The van der Waals surface area contributed by atoms with Crippen LogP contribution in [0.5, 0.6) is 5.75 Å². The van der Waals surface area contributed by atoms with Crippen LogP contribution in [0, 0.1) is 5.41 Å². The molecule has 1 fully saturated rings. The molecule has 42 heavy (non-hydrogen) atoms. The zero-order valence-corrected chi connectivity index (χ0v) is 26.1. The molecule has 3 aromatic rings. The average molecular weight is 610 g/mol. The van der Waals surface area contributed by atoms with Crippen molar-refractivity contribution in [1.29, 1.82) is 0 Å². The second-order valence-electron chi connectivity index (χ2n) is 12.3. The molecule has 2 aliphatic rings. The molecule has 1 N–H and O–H groups in total. The Balaban J connectivity index is 1.50. The maximum Gasteiger partial charge on any atom is 0.229 e. The standard InChI is InChI=1S/C35H39Cl2FN2O2/c1-35(2,3)34(41)39-26-11-15-29-24(20-26)6-4-7-31(30-14-10-25(36)21-32(30)37)33(29)23-8-12-27(13-9-23)42-28-16-19-40(22-28)18-5-17-38/h8-15,20-21,28H,4-7,16-19,22H2,1-3H3,(H,39,41)/t28-/m0/s1. The first-order valence-corrected chi connectivity index (χ1v) is 15.6. The van der Waals surface area contributed by atoms with Crippen LogP contribution in [-0.2, 0) is 11.2 Å². The van der Waals surface area contributed by atoms with Gasteiger partial charge in [-0.1, -0.05) is 68.2 Å². The number of nitrogens with zero attached hydrogens (tertiary/aromatic N) is 1. The quantitative estimate of drug-likeness (QED) is 0.277. The molecule has 0 bridgehead atoms. The minimum atomic E-state index is -0.481. The lowest BCUT2D eigenvalue weighted by Gasteiger charge is -2.20. The van der Waals surface area contributed by atoms with Crippen molar-refractivity contribution < 1.29 is 13.9 Å². The van der Waals surface area contributed by atoms with Gasteiger partial charge < -0.3 is 10.1 Å². The van der Waals surface area contributed by atoms with Gasteiger partial charge in [0.15, 0.2) is 0 Å². The van der Waals surface area contributed by atoms with Gasteiger partial charge in [0.05, 0.1) is 6.67 Å². The number of likely N-dealkylation sites (tertiary alicyclic amines) is 1. The maximum atomic E-state index is 12.7. The van der Waals surface area contributed by atoms with Crippen LogP contribution >= 0.6 is 23.2 Å². The Morgan fingerprint density at radius 1 is 1.02 bits per heavy atom. The van der Waals surface area contributed by atoms with Gasteiger partial charge >= 0.3 is 0 Å². The fourth-order valence-corrected chi connectivity index (χ4v) is 6.31. The lowest BCUT2D eigenvalue weighted by molar-refractivity contribution is -0.123. The number of ether oxygens (including phenoxy) is 1. The van der Waals surface area contributed by atoms with Crippen molar-refractivity contribution in [1.82, 2.24) is 4.90 Å². The summed E-state index contributed by atoms with van der Waals surface area (Å²) in [4.78, 5) is 15.0. The minimum Gasteiger partial charge on any atom is -0.489 e. The van der Waals surface area contributed by atoms with Gasteiger partial charge in [0.25, 0.3) is 0 Å². The van der Waals surface area contributed by atoms with E-state index in [1.165, 1.54) is 11.1 Å². The predicted molar refractivity (Wildman–Crippen MR) is 172 cm³/mol. The van der Waals surface area contributed by atoms with Crippen LogP contribution in [0.15, 0.2) is 60.7 Å². The molecule has 0 radical (unpaired) electrons. The lowest BCUT2D eigenvalue weighted by Crippen LogP contribution is -2.27. The van der Waals surface area contributed by atoms with Crippen LogP contribution in [0.1, 0.15) is 68.7 Å². The molecule has 222 valence electrons. The number of aryl methyl sites for hydroxylation is 1. The molecular formula is C35H39Cl2FN2O2. The Hall–Kier alpha value is -2.86. The van der Waals surface area contributed by atoms with E-state index in [9.17, 15) is 9.18 Å². The zero-order chi connectivity index (χ0) is 29.9. The Morgan fingerprint density at radius 3 is 2.50 bits per heavy atom. The van der Waals surface area contributed by atoms with Crippen molar-refractivity contribution in [2.75, 3.05) is 31.6 Å². The van der Waals surface area contributed by atoms with Crippen molar-refractivity contribution >= 4 is 45.9 Å². The number of hydrogen-bond donors (Lipinski definition) is 1. The first-order valence-electron chi connectivity index (χ1n) is 14.8. The number of alkyl halides is 1. The second-order valence-corrected chi connectivity index (χ2v) is 13.1. The Kier molecular flexibility index (Phi) is 9.61. The molecule has 5 rings (SSSR count). The second kappa shape index (κ2) is 13.2. The van der Waals surface area contributed by atoms with E-state index < -0.39 is 5.41 Å². The van der Waals surface area contributed by atoms with Gasteiger partial charge in [-0.15, -0.1) is 0 Å². The molecule has 4 nitrogen and oxygen atoms in total. The fourth-order valence-electron chi connectivity index (χ4n) is 5.79. The fraction of sp³-hybridized carbons (Fsp3) is 0.400. The SMILES string of the molecule is CC(C)(C)C(=O)Nc1ccc2c(c1)CCCC(c1ccc(Cl)cc1Cl)=C2c1ccc(O[C@H]2CCN(CCCF)C2)cc1. The van der Waals surface area contributed by atoms with Gasteiger partial charge in [0.2, 0.25) is 5.91 Å². The van der Waals surface area contributed by atoms with E-state index in [2.05, 4.69) is 34.5 Å². The molecule has 1 aliphatic carbocycles. The molecule has 0 aromatic heterocycles. The summed E-state index contributed by atoms with van der Waals surface area (Å²) < 4.78 is 18.9. The number of carbonyl (C=O) groups is 1. The molecule has 0 spiro atoms. The van der Waals surface area contributed by atoms with Crippen LogP contribution in [0.4, 0.5) is 10.1 Å². The molecule has 1 amide bonds. The Morgan fingerprint density at radius 2 is 1.79 bits per heavy atom. The van der Waals surface area contributed by atoms with E-state index in [0.29, 0.717) is 16.5 Å². The monoisotopic (exact) mass is 608 g/mol. The summed E-state index contributed by atoms with van der Waals surface area (Å²) in [5, 5.41) is 4.33. The van der Waals surface area contributed by atoms with Gasteiger partial charge in [-0.3, -0.25) is 14.1 Å². The van der Waals surface area contributed by atoms with Crippen LogP contribution in [-0.4, -0.2) is 43.2 Å². The van der Waals surface area contributed by atoms with Crippen molar-refractivity contribution in [3.63, 3.8) is 0 Å². The summed E-state index contributed by atoms with van der Waals surface area (Å²) in [6, 6.07) is 20.2. The highest BCUT2D eigenvalue weighted by molar-refractivity contribution is 6.36. The van der Waals surface area contributed by atoms with Gasteiger partial charge in [-0.2, -0.15) is 0 Å². The van der Waals surface area contributed by atoms with E-state index in [-0.39, 0.29) is 18.7 Å². The summed E-state index contributed by atoms with van der Waals surface area (Å²) in [7, 11) is 0. The molecule has 1 saturated heterocycles. The molecule has 1 heterocycles. The van der Waals surface area contributed by atoms with Crippen LogP contribution in [0.3, 0.4) is 0 Å². The van der Waals surface area contributed by atoms with Crippen molar-refractivity contribution in [3.05, 3.63) is 93.0 Å². The number of hydrogen-bond acceptors (Lipinski definition) is 3. The number of carbonyl (C=O) groups excluding carboxylic acids is 1. The normalized spacial score (nSPS) is 17.6. The molecule has 0 unspecified atom stereocenters. The molecule has 7 heteroatoms. The number of nitrogens with one attached hydrogen (secondary N) is 1. The number of halogens is 3. The minimum absolute atomic E-state index is 0.0103. The number of fused-ring (bicyclic) bond motifs is 1. The highest BCUT2D eigenvalue weighted by Crippen LogP contribution is 2.43. The van der Waals surface area contributed by atoms with Gasteiger partial charge in [0.1, 0.15) is 11.9 Å². The third-order valence-electron chi connectivity index (χ3n) is 8.03. The summed E-state index contributed by atoms with van der Waals surface area (Å²) in [6.07, 6.45) is 4.31. The van der Waals surface area contributed by atoms with Crippen LogP contribution < -0.4 is 10.1 Å². The molecule has 1 aliphatic heterocycles. The van der Waals surface area contributed by atoms with Gasteiger partial charge in [-0.25, -0.2) is 0 Å². The number of anilines is 1. The van der Waals surface area contributed by atoms with E-state index in [1.54, 1.807) is 6.07 Å². The predicted octanol–water partition coefficient (Wildman–Crippen LogP) is 9.09. The highest BCUT2D eigenvalue weighted by atomic mass is 35.5. The maximum absolute atomic E-state index is 12.7. The highest BCUT2D eigenvalue weighted by Gasteiger charge is 2.26. The zero-order valence-electron chi connectivity index (χ0n) is 24.6. The average Bonchev–Trinajstić information content (AvgIpc) is 3.31. The number of rotatable bonds is 8. The van der Waals surface area contributed by atoms with Crippen molar-refractivity contribution in [3.8, 4) is 5.75 Å². The van der Waals surface area contributed by atoms with Gasteiger partial charge in [0, 0.05) is 40.8 Å². The van der Waals surface area contributed by atoms with Crippen molar-refractivity contribution in [2.24, 2.45) is 5.41 Å². The lowest BCUT2D eigenvalue weighted by atomic mass is 9.87. The summed E-state index contributed by atoms with van der Waals surface area (Å²) in [6.45, 7) is 8.01.